The van der Waals surface area contributed by atoms with Gasteiger partial charge in [0.25, 0.3) is 0 Å². The molecule has 0 saturated carbocycles. The number of benzene rings is 1. The third-order valence-electron chi connectivity index (χ3n) is 3.92. The van der Waals surface area contributed by atoms with Crippen molar-refractivity contribution in [1.82, 2.24) is 9.96 Å². The first-order valence-corrected chi connectivity index (χ1v) is 8.58. The quantitative estimate of drug-likeness (QED) is 0.385. The molecule has 0 aromatic heterocycles. The number of hydroxylamine groups is 2. The normalized spacial score (nSPS) is 21.2. The molecule has 2 aliphatic rings. The van der Waals surface area contributed by atoms with E-state index in [-0.39, 0.29) is 49.3 Å². The van der Waals surface area contributed by atoms with E-state index in [0.29, 0.717) is 21.9 Å². The molecule has 2 bridgehead atoms. The maximum absolute atomic E-state index is 12.4. The van der Waals surface area contributed by atoms with Crippen molar-refractivity contribution < 1.29 is 61.1 Å². The van der Waals surface area contributed by atoms with Crippen molar-refractivity contribution in [1.29, 1.82) is 0 Å². The topological polar surface area (TPSA) is 163 Å². The number of urea groups is 1. The maximum Gasteiger partial charge on any atom is 1.00 e. The summed E-state index contributed by atoms with van der Waals surface area (Å²) in [5.74, 6) is -0.627. The molecule has 2 atom stereocenters. The Balaban J connectivity index is 0.00000243. The van der Waals surface area contributed by atoms with Crippen LogP contribution in [0.15, 0.2) is 18.2 Å². The zero-order valence-corrected chi connectivity index (χ0v) is 16.6. The Morgan fingerprint density at radius 2 is 2.08 bits per heavy atom. The van der Waals surface area contributed by atoms with E-state index in [1.54, 1.807) is 6.07 Å². The minimum absolute atomic E-state index is 0. The summed E-state index contributed by atoms with van der Waals surface area (Å²) >= 11 is 0. The number of hydrogen-bond acceptors (Lipinski definition) is 7. The van der Waals surface area contributed by atoms with E-state index in [2.05, 4.69) is 4.28 Å². The van der Waals surface area contributed by atoms with Gasteiger partial charge in [-0.05, 0) is 23.3 Å². The van der Waals surface area contributed by atoms with Crippen LogP contribution in [0.25, 0.3) is 5.73 Å². The van der Waals surface area contributed by atoms with Gasteiger partial charge in [0.15, 0.2) is 0 Å². The van der Waals surface area contributed by atoms with Gasteiger partial charge in [0, 0.05) is 6.54 Å². The number of nitrogens with two attached hydrogens (primary N) is 1. The first-order chi connectivity index (χ1) is 11.7. The van der Waals surface area contributed by atoms with Crippen molar-refractivity contribution in [3.8, 4) is 5.75 Å². The number of amides is 3. The fourth-order valence-electron chi connectivity index (χ4n) is 3.03. The molecule has 2 aliphatic heterocycles. The molecule has 1 saturated heterocycles. The zero-order chi connectivity index (χ0) is 18.4. The van der Waals surface area contributed by atoms with Gasteiger partial charge in [-0.3, -0.25) is 4.55 Å². The van der Waals surface area contributed by atoms with E-state index in [1.165, 1.54) is 12.1 Å². The van der Waals surface area contributed by atoms with E-state index >= 15 is 0 Å². The van der Waals surface area contributed by atoms with Gasteiger partial charge in [-0.1, -0.05) is 6.07 Å². The van der Waals surface area contributed by atoms with Crippen LogP contribution in [0.3, 0.4) is 0 Å². The van der Waals surface area contributed by atoms with Crippen LogP contribution in [0.5, 0.6) is 5.75 Å². The number of nitrogens with one attached hydrogen (secondary N) is 1. The van der Waals surface area contributed by atoms with E-state index < -0.39 is 34.4 Å². The zero-order valence-electron chi connectivity index (χ0n) is 13.8. The van der Waals surface area contributed by atoms with E-state index in [4.69, 9.17) is 20.8 Å². The second-order valence-electron chi connectivity index (χ2n) is 5.47. The molecule has 136 valence electrons. The Kier molecular flexibility index (Phi) is 6.17. The van der Waals surface area contributed by atoms with Crippen LogP contribution in [0, 0.1) is 0 Å². The van der Waals surface area contributed by atoms with Gasteiger partial charge in [0.05, 0.1) is 12.5 Å². The van der Waals surface area contributed by atoms with Crippen molar-refractivity contribution in [3.05, 3.63) is 35.1 Å². The number of ether oxygens (including phenoxy) is 1. The second-order valence-corrected chi connectivity index (χ2v) is 6.48. The fraction of sp³-hybridized carbons (Fsp3) is 0.385. The number of carbonyl (C=O) groups excluding carboxylic acids is 2. The van der Waals surface area contributed by atoms with Crippen LogP contribution >= 0.6 is 0 Å². The van der Waals surface area contributed by atoms with Crippen molar-refractivity contribution in [2.75, 3.05) is 19.7 Å². The smallest absolute Gasteiger partial charge is 0.666 e. The number of carbonyl (C=O) groups is 2. The van der Waals surface area contributed by atoms with Crippen molar-refractivity contribution in [3.63, 3.8) is 0 Å². The molecule has 3 amide bonds. The molecule has 2 heterocycles. The number of nitrogens with zero attached hydrogens (tertiary/aromatic N) is 2. The van der Waals surface area contributed by atoms with Gasteiger partial charge in [-0.15, -0.1) is 4.28 Å². The Morgan fingerprint density at radius 3 is 2.65 bits per heavy atom. The van der Waals surface area contributed by atoms with Gasteiger partial charge in [0.1, 0.15) is 24.4 Å². The molecule has 1 aromatic rings. The Hall–Kier alpha value is -1.41. The minimum atomic E-state index is -4.94. The van der Waals surface area contributed by atoms with Crippen LogP contribution in [0.4, 0.5) is 4.79 Å². The molecule has 4 N–H and O–H groups in total. The summed E-state index contributed by atoms with van der Waals surface area (Å²) in [6, 6.07) is 1.60. The summed E-state index contributed by atoms with van der Waals surface area (Å²) in [6.07, 6.45) is 0. The Labute approximate surface area is 171 Å². The van der Waals surface area contributed by atoms with E-state index in [9.17, 15) is 18.0 Å². The van der Waals surface area contributed by atoms with Crippen LogP contribution in [-0.4, -0.2) is 54.6 Å². The molecule has 1 aromatic carbocycles. The monoisotopic (exact) mass is 394 g/mol. The van der Waals surface area contributed by atoms with E-state index in [1.807, 2.05) is 0 Å². The Bertz CT molecular complexity index is 834. The first-order valence-electron chi connectivity index (χ1n) is 7.22. The first kappa shape index (κ1) is 20.9. The summed E-state index contributed by atoms with van der Waals surface area (Å²) in [7, 11) is -4.94. The second kappa shape index (κ2) is 7.68. The molecule has 0 aliphatic carbocycles. The van der Waals surface area contributed by atoms with Gasteiger partial charge in [-0.2, -0.15) is 13.5 Å². The predicted octanol–water partition coefficient (Wildman–Crippen LogP) is -2.83. The van der Waals surface area contributed by atoms with Crippen molar-refractivity contribution in [2.45, 2.75) is 12.1 Å². The third-order valence-corrected chi connectivity index (χ3v) is 4.27. The largest absolute Gasteiger partial charge is 1.00 e. The SMILES string of the molecule is [NH-]C(=O)[C@H]1c2ccc(OCCN)cc2[C@@H]2CN1C(=O)N2OS(=O)(=O)O.[Na+]. The molecule has 3 rings (SSSR count). The van der Waals surface area contributed by atoms with Gasteiger partial charge >= 0.3 is 46.0 Å². The van der Waals surface area contributed by atoms with Crippen LogP contribution in [0.2, 0.25) is 0 Å². The van der Waals surface area contributed by atoms with Gasteiger partial charge < -0.3 is 25.9 Å². The summed E-state index contributed by atoms with van der Waals surface area (Å²) in [4.78, 5) is 25.1. The molecule has 0 unspecified atom stereocenters. The molecule has 0 radical (unpaired) electrons. The number of fused-ring (bicyclic) bond motifs is 4. The van der Waals surface area contributed by atoms with Gasteiger partial charge in [-0.25, -0.2) is 4.79 Å². The molecule has 26 heavy (non-hydrogen) atoms. The minimum Gasteiger partial charge on any atom is -0.666 e. The summed E-state index contributed by atoms with van der Waals surface area (Å²) in [6.45, 7) is 0.441. The van der Waals surface area contributed by atoms with Crippen LogP contribution < -0.4 is 40.0 Å². The standard InChI is InChI=1S/C13H16N4O7S.Na/c14-3-4-23-7-1-2-8-9(5-7)10-6-16(11(8)12(15)18)13(19)17(10)24-25(20,21)22;/h1-2,5,10-11H,3-4,6,14H2,(H3,15,18,20,21,22);/q;+1/p-1/t10-,11+;/m0./s1. The van der Waals surface area contributed by atoms with Crippen molar-refractivity contribution >= 4 is 22.3 Å². The van der Waals surface area contributed by atoms with E-state index in [0.717, 1.165) is 4.90 Å². The van der Waals surface area contributed by atoms with Crippen molar-refractivity contribution in [2.24, 2.45) is 5.73 Å². The molecule has 0 spiro atoms. The predicted molar refractivity (Wildman–Crippen MR) is 82.4 cm³/mol. The number of rotatable bonds is 6. The Morgan fingerprint density at radius 1 is 1.38 bits per heavy atom. The van der Waals surface area contributed by atoms with Gasteiger partial charge in [0.2, 0.25) is 0 Å². The average Bonchev–Trinajstić information content (AvgIpc) is 2.78. The molecule has 1 fully saturated rings. The summed E-state index contributed by atoms with van der Waals surface area (Å²) in [5.41, 5.74) is 13.6. The summed E-state index contributed by atoms with van der Waals surface area (Å²) < 4.78 is 40.7. The van der Waals surface area contributed by atoms with Crippen LogP contribution in [0.1, 0.15) is 23.2 Å². The molecule has 13 heteroatoms. The molecule has 11 nitrogen and oxygen atoms in total. The number of hydrogen-bond donors (Lipinski definition) is 2. The van der Waals surface area contributed by atoms with Crippen LogP contribution in [-0.2, 0) is 19.5 Å². The summed E-state index contributed by atoms with van der Waals surface area (Å²) in [5, 5.41) is 0.476. The molecular weight excluding hydrogens is 379 g/mol. The molecular formula is C13H15N4NaO7S. The third kappa shape index (κ3) is 3.81. The average molecular weight is 394 g/mol. The maximum atomic E-state index is 12.4. The fourth-order valence-corrected chi connectivity index (χ4v) is 3.40.